The van der Waals surface area contributed by atoms with E-state index in [4.69, 9.17) is 24.1 Å². The van der Waals surface area contributed by atoms with Crippen LogP contribution in [0.3, 0.4) is 0 Å². The Hall–Kier alpha value is -5.52. The van der Waals surface area contributed by atoms with Crippen LogP contribution in [0.25, 0.3) is 11.1 Å². The molecular weight excluding hydrogens is 954 g/mol. The standard InChI is InChI=1S/C49H67F3N6O12S/c1-49(2,3)47(41-23-34(37-24-36(50)9-10-38(37)51)29-57(41)28-33-7-5-4-6-8-33)58(30-35-25-53-26-39(35)52)45(62)32-71-31-40(48(65)66)56-43(60)13-15-67-17-19-69-21-22-70-20-18-68-16-14-54-44(61)27-55-42(59)11-12-46(63)64/h4-10,23-24,29,35,39-40,47,53H,11-22,25-28,30-32H2,1-3H3,(H,54,61)(H,55,59)(H,56,60)(H,63,64)(H,65,66)/t35-,39-,40-,47?/m0/s1. The quantitative estimate of drug-likeness (QED) is 0.0477. The number of halogens is 3. The molecule has 1 unspecified atom stereocenters. The summed E-state index contributed by atoms with van der Waals surface area (Å²) >= 11 is 1.02. The van der Waals surface area contributed by atoms with E-state index < -0.39 is 70.9 Å². The Morgan fingerprint density at radius 2 is 1.48 bits per heavy atom. The second-order valence-corrected chi connectivity index (χ2v) is 18.9. The molecule has 6 N–H and O–H groups in total. The smallest absolute Gasteiger partial charge is 0.327 e. The van der Waals surface area contributed by atoms with Crippen LogP contribution in [0.5, 0.6) is 0 Å². The van der Waals surface area contributed by atoms with Crippen molar-refractivity contribution < 1.29 is 71.1 Å². The number of aromatic nitrogens is 1. The lowest BCUT2D eigenvalue weighted by Crippen LogP contribution is -2.47. The van der Waals surface area contributed by atoms with Gasteiger partial charge in [0.15, 0.2) is 0 Å². The van der Waals surface area contributed by atoms with Crippen molar-refractivity contribution in [3.8, 4) is 11.1 Å². The zero-order valence-corrected chi connectivity index (χ0v) is 41.2. The molecule has 1 aliphatic rings. The predicted molar refractivity (Wildman–Crippen MR) is 258 cm³/mol. The molecule has 1 aromatic heterocycles. The van der Waals surface area contributed by atoms with Gasteiger partial charge in [-0.25, -0.2) is 18.0 Å². The number of carbonyl (C=O) groups is 6. The molecule has 3 aromatic rings. The van der Waals surface area contributed by atoms with Gasteiger partial charge in [-0.2, -0.15) is 0 Å². The van der Waals surface area contributed by atoms with Crippen LogP contribution in [0.15, 0.2) is 60.8 Å². The number of carbonyl (C=O) groups excluding carboxylic acids is 4. The summed E-state index contributed by atoms with van der Waals surface area (Å²) in [5, 5.41) is 29.0. The Morgan fingerprint density at radius 1 is 0.817 bits per heavy atom. The van der Waals surface area contributed by atoms with Gasteiger partial charge in [-0.15, -0.1) is 11.8 Å². The van der Waals surface area contributed by atoms with E-state index >= 15 is 8.78 Å². The SMILES string of the molecule is CC(C)(C)C(c1cc(-c2cc(F)ccc2F)cn1Cc1ccccc1)N(C[C@@H]1CNC[C@@H]1F)C(=O)CSC[C@H](NC(=O)CCOCCOCCOCCOCCNC(=O)CNC(=O)CCC(=O)O)C(=O)O. The van der Waals surface area contributed by atoms with Crippen LogP contribution in [0.2, 0.25) is 0 Å². The molecule has 0 saturated carbocycles. The number of nitrogens with zero attached hydrogens (tertiary/aromatic N) is 2. The lowest BCUT2D eigenvalue weighted by Gasteiger charge is -2.42. The van der Waals surface area contributed by atoms with Gasteiger partial charge in [-0.3, -0.25) is 24.0 Å². The fourth-order valence-electron chi connectivity index (χ4n) is 7.62. The number of aliphatic carboxylic acids is 2. The van der Waals surface area contributed by atoms with Crippen molar-refractivity contribution in [2.45, 2.75) is 64.8 Å². The Labute approximate surface area is 416 Å². The van der Waals surface area contributed by atoms with E-state index in [0.29, 0.717) is 24.3 Å². The maximum Gasteiger partial charge on any atom is 0.327 e. The highest BCUT2D eigenvalue weighted by molar-refractivity contribution is 8.00. The Morgan fingerprint density at radius 3 is 2.10 bits per heavy atom. The molecule has 2 aromatic carbocycles. The number of benzene rings is 2. The Bertz CT molecular complexity index is 2180. The average Bonchev–Trinajstić information content (AvgIpc) is 3.93. The minimum Gasteiger partial charge on any atom is -0.481 e. The highest BCUT2D eigenvalue weighted by Gasteiger charge is 2.40. The molecule has 392 valence electrons. The van der Waals surface area contributed by atoms with Crippen LogP contribution in [-0.4, -0.2) is 165 Å². The number of ether oxygens (including phenoxy) is 4. The third-order valence-electron chi connectivity index (χ3n) is 11.1. The van der Waals surface area contributed by atoms with Gasteiger partial charge in [0.05, 0.1) is 77.6 Å². The third kappa shape index (κ3) is 21.0. The maximum atomic E-state index is 15.3. The summed E-state index contributed by atoms with van der Waals surface area (Å²) < 4.78 is 68.6. The van der Waals surface area contributed by atoms with Gasteiger partial charge in [-0.05, 0) is 35.2 Å². The van der Waals surface area contributed by atoms with Crippen LogP contribution >= 0.6 is 11.8 Å². The van der Waals surface area contributed by atoms with Crippen molar-refractivity contribution in [1.29, 1.82) is 0 Å². The molecule has 1 fully saturated rings. The molecule has 0 aliphatic carbocycles. The number of thioether (sulfide) groups is 1. The summed E-state index contributed by atoms with van der Waals surface area (Å²) in [7, 11) is 0. The highest BCUT2D eigenvalue weighted by Crippen LogP contribution is 2.42. The number of rotatable bonds is 33. The Kier molecular flexibility index (Phi) is 24.8. The van der Waals surface area contributed by atoms with Crippen molar-refractivity contribution in [2.24, 2.45) is 11.3 Å². The number of alkyl halides is 1. The summed E-state index contributed by atoms with van der Waals surface area (Å²) in [5.74, 6) is -6.43. The van der Waals surface area contributed by atoms with Gasteiger partial charge < -0.3 is 59.9 Å². The summed E-state index contributed by atoms with van der Waals surface area (Å²) in [5.41, 5.74) is 1.31. The molecule has 2 heterocycles. The number of hydrogen-bond donors (Lipinski definition) is 6. The summed E-state index contributed by atoms with van der Waals surface area (Å²) in [6.45, 7) is 8.28. The largest absolute Gasteiger partial charge is 0.481 e. The molecule has 4 atom stereocenters. The van der Waals surface area contributed by atoms with Crippen molar-refractivity contribution >= 4 is 47.3 Å². The van der Waals surface area contributed by atoms with Gasteiger partial charge in [0.1, 0.15) is 23.8 Å². The zero-order chi connectivity index (χ0) is 51.8. The number of carboxylic acid groups (broad SMARTS) is 2. The molecule has 4 amide bonds. The number of hydrogen-bond acceptors (Lipinski definition) is 12. The second-order valence-electron chi connectivity index (χ2n) is 17.8. The summed E-state index contributed by atoms with van der Waals surface area (Å²) in [4.78, 5) is 74.8. The molecule has 1 saturated heterocycles. The number of amides is 4. The number of nitrogens with one attached hydrogen (secondary N) is 4. The highest BCUT2D eigenvalue weighted by atomic mass is 32.2. The molecule has 4 rings (SSSR count). The van der Waals surface area contributed by atoms with Crippen LogP contribution in [-0.2, 0) is 54.3 Å². The first-order valence-corrected chi connectivity index (χ1v) is 24.6. The lowest BCUT2D eigenvalue weighted by molar-refractivity contribution is -0.141. The molecule has 71 heavy (non-hydrogen) atoms. The van der Waals surface area contributed by atoms with Crippen LogP contribution in [0.1, 0.15) is 57.3 Å². The van der Waals surface area contributed by atoms with E-state index in [0.717, 1.165) is 35.5 Å². The van der Waals surface area contributed by atoms with E-state index in [-0.39, 0.29) is 121 Å². The van der Waals surface area contributed by atoms with E-state index in [9.17, 15) is 38.3 Å². The van der Waals surface area contributed by atoms with E-state index in [1.165, 1.54) is 0 Å². The topological polar surface area (TPSA) is 236 Å². The third-order valence-corrected chi connectivity index (χ3v) is 12.1. The normalized spacial score (nSPS) is 15.5. The van der Waals surface area contributed by atoms with Crippen LogP contribution in [0.4, 0.5) is 13.2 Å². The molecule has 22 heteroatoms. The van der Waals surface area contributed by atoms with Crippen LogP contribution < -0.4 is 21.3 Å². The molecule has 0 spiro atoms. The monoisotopic (exact) mass is 1020 g/mol. The molecule has 0 radical (unpaired) electrons. The van der Waals surface area contributed by atoms with Gasteiger partial charge in [0.2, 0.25) is 23.6 Å². The van der Waals surface area contributed by atoms with Gasteiger partial charge in [0, 0.05) is 80.3 Å². The fraction of sp³-hybridized carbons (Fsp3) is 0.551. The van der Waals surface area contributed by atoms with Gasteiger partial charge >= 0.3 is 11.9 Å². The summed E-state index contributed by atoms with van der Waals surface area (Å²) in [6.07, 6.45) is -0.159. The van der Waals surface area contributed by atoms with E-state index in [1.807, 2.05) is 55.7 Å². The van der Waals surface area contributed by atoms with Crippen molar-refractivity contribution in [2.75, 3.05) is 97.1 Å². The number of carboxylic acids is 2. The van der Waals surface area contributed by atoms with Crippen molar-refractivity contribution in [1.82, 2.24) is 30.7 Å². The van der Waals surface area contributed by atoms with Crippen molar-refractivity contribution in [3.63, 3.8) is 0 Å². The van der Waals surface area contributed by atoms with Crippen molar-refractivity contribution in [3.05, 3.63) is 83.7 Å². The first-order valence-electron chi connectivity index (χ1n) is 23.4. The van der Waals surface area contributed by atoms with E-state index in [1.54, 1.807) is 17.2 Å². The lowest BCUT2D eigenvalue weighted by atomic mass is 9.82. The molecule has 1 aliphatic heterocycles. The van der Waals surface area contributed by atoms with E-state index in [2.05, 4.69) is 21.3 Å². The first kappa shape index (κ1) is 58.1. The minimum absolute atomic E-state index is 0.00279. The summed E-state index contributed by atoms with van der Waals surface area (Å²) in [6, 6.07) is 12.5. The predicted octanol–water partition coefficient (Wildman–Crippen LogP) is 3.81. The maximum absolute atomic E-state index is 15.3. The first-order chi connectivity index (χ1) is 33.9. The molecule has 18 nitrogen and oxygen atoms in total. The van der Waals surface area contributed by atoms with Gasteiger partial charge in [0.25, 0.3) is 0 Å². The molecular formula is C49H67F3N6O12S. The molecule has 0 bridgehead atoms. The van der Waals surface area contributed by atoms with Crippen LogP contribution in [0, 0.1) is 23.0 Å². The Balaban J connectivity index is 1.22. The average molecular weight is 1020 g/mol. The zero-order valence-electron chi connectivity index (χ0n) is 40.4. The minimum atomic E-state index is -1.33. The fourth-order valence-corrected chi connectivity index (χ4v) is 8.54. The van der Waals surface area contributed by atoms with Gasteiger partial charge in [-0.1, -0.05) is 51.1 Å². The second kappa shape index (κ2) is 30.4.